The molecule has 3 rings (SSSR count). The van der Waals surface area contributed by atoms with Gasteiger partial charge < -0.3 is 25.4 Å². The Kier molecular flexibility index (Phi) is 10.8. The fraction of sp³-hybridized carbons (Fsp3) is 0.696. The second-order valence-corrected chi connectivity index (χ2v) is 8.48. The molecule has 3 N–H and O–H groups in total. The number of aliphatic imine (C=N–C) groups is 1. The Morgan fingerprint density at radius 2 is 1.90 bits per heavy atom. The van der Waals surface area contributed by atoms with Crippen molar-refractivity contribution in [3.8, 4) is 0 Å². The molecule has 30 heavy (non-hydrogen) atoms. The van der Waals surface area contributed by atoms with Crippen LogP contribution in [0.1, 0.15) is 57.6 Å². The monoisotopic (exact) mass is 530 g/mol. The van der Waals surface area contributed by atoms with E-state index >= 15 is 0 Å². The van der Waals surface area contributed by atoms with Crippen LogP contribution >= 0.6 is 24.0 Å². The molecule has 0 spiro atoms. The van der Waals surface area contributed by atoms with E-state index in [1.807, 2.05) is 37.3 Å². The Hall–Kier alpha value is -0.900. The minimum Gasteiger partial charge on any atom is -0.389 e. The van der Waals surface area contributed by atoms with Gasteiger partial charge in [-0.05, 0) is 52.1 Å². The van der Waals surface area contributed by atoms with Gasteiger partial charge in [-0.1, -0.05) is 36.8 Å². The van der Waals surface area contributed by atoms with Crippen LogP contribution in [0.3, 0.4) is 0 Å². The lowest BCUT2D eigenvalue weighted by molar-refractivity contribution is 0.00109. The van der Waals surface area contributed by atoms with Crippen molar-refractivity contribution in [2.75, 3.05) is 26.7 Å². The summed E-state index contributed by atoms with van der Waals surface area (Å²) in [6, 6.07) is 11.9. The predicted octanol–water partition coefficient (Wildman–Crippen LogP) is 3.31. The van der Waals surface area contributed by atoms with E-state index in [-0.39, 0.29) is 36.7 Å². The molecule has 0 amide bonds. The minimum absolute atomic E-state index is 0. The van der Waals surface area contributed by atoms with Gasteiger partial charge in [0.05, 0.1) is 25.4 Å². The predicted molar refractivity (Wildman–Crippen MR) is 134 cm³/mol. The van der Waals surface area contributed by atoms with E-state index < -0.39 is 6.10 Å². The molecule has 0 aliphatic carbocycles. The maximum Gasteiger partial charge on any atom is 0.191 e. The number of guanidine groups is 1. The lowest BCUT2D eigenvalue weighted by atomic mass is 9.82. The lowest BCUT2D eigenvalue weighted by Crippen LogP contribution is -2.56. The molecule has 7 heteroatoms. The first-order chi connectivity index (χ1) is 14.1. The Morgan fingerprint density at radius 1 is 1.23 bits per heavy atom. The van der Waals surface area contributed by atoms with Gasteiger partial charge in [0.2, 0.25) is 0 Å². The van der Waals surface area contributed by atoms with Gasteiger partial charge >= 0.3 is 0 Å². The Morgan fingerprint density at radius 3 is 2.53 bits per heavy atom. The van der Waals surface area contributed by atoms with E-state index in [2.05, 4.69) is 34.5 Å². The summed E-state index contributed by atoms with van der Waals surface area (Å²) in [4.78, 5) is 7.19. The first kappa shape index (κ1) is 25.4. The molecular formula is C23H39IN4O2. The van der Waals surface area contributed by atoms with Crippen LogP contribution in [-0.4, -0.2) is 66.9 Å². The third-order valence-corrected chi connectivity index (χ3v) is 6.29. The number of aliphatic hydroxyl groups is 1. The summed E-state index contributed by atoms with van der Waals surface area (Å²) < 4.78 is 5.83. The van der Waals surface area contributed by atoms with Crippen molar-refractivity contribution >= 4 is 29.9 Å². The smallest absolute Gasteiger partial charge is 0.191 e. The van der Waals surface area contributed by atoms with Gasteiger partial charge in [-0.25, -0.2) is 0 Å². The number of halogens is 1. The van der Waals surface area contributed by atoms with Crippen LogP contribution in [0.4, 0.5) is 0 Å². The van der Waals surface area contributed by atoms with Crippen molar-refractivity contribution in [1.29, 1.82) is 0 Å². The van der Waals surface area contributed by atoms with Crippen LogP contribution < -0.4 is 10.6 Å². The van der Waals surface area contributed by atoms with Crippen molar-refractivity contribution in [3.63, 3.8) is 0 Å². The first-order valence-corrected chi connectivity index (χ1v) is 11.2. The number of hydrogen-bond acceptors (Lipinski definition) is 4. The summed E-state index contributed by atoms with van der Waals surface area (Å²) in [6.07, 6.45) is 5.63. The summed E-state index contributed by atoms with van der Waals surface area (Å²) in [5, 5.41) is 17.3. The van der Waals surface area contributed by atoms with Crippen molar-refractivity contribution in [2.24, 2.45) is 4.99 Å². The van der Waals surface area contributed by atoms with E-state index in [1.54, 1.807) is 0 Å². The molecule has 0 saturated carbocycles. The molecule has 2 aliphatic rings. The van der Waals surface area contributed by atoms with E-state index in [9.17, 15) is 5.11 Å². The second kappa shape index (κ2) is 12.8. The Balaban J connectivity index is 0.00000320. The number of fused-ring (bicyclic) bond motifs is 2. The van der Waals surface area contributed by atoms with Crippen LogP contribution in [0, 0.1) is 0 Å². The molecule has 1 aromatic carbocycles. The molecule has 2 saturated heterocycles. The molecule has 2 bridgehead atoms. The van der Waals surface area contributed by atoms with Crippen molar-refractivity contribution in [3.05, 3.63) is 35.9 Å². The molecule has 2 fully saturated rings. The normalized spacial score (nSPS) is 26.4. The van der Waals surface area contributed by atoms with Gasteiger partial charge in [-0.3, -0.25) is 4.99 Å². The zero-order valence-electron chi connectivity index (χ0n) is 18.6. The molecule has 170 valence electrons. The standard InChI is InChI=1S/C23H38N4O2.HI/c1-4-24-23(26-19-13-20-11-8-12-21(14-19)27(20)3)25-15-22(28)16-29-17(2)18-9-6-5-7-10-18;/h5-7,9-10,17,19-22,28H,4,8,11-16H2,1-3H3,(H2,24,25,26);1H. The number of ether oxygens (including phenoxy) is 1. The molecule has 1 aromatic rings. The third kappa shape index (κ3) is 7.35. The molecule has 4 unspecified atom stereocenters. The van der Waals surface area contributed by atoms with Gasteiger partial charge in [0.1, 0.15) is 0 Å². The quantitative estimate of drug-likeness (QED) is 0.274. The molecular weight excluding hydrogens is 491 g/mol. The lowest BCUT2D eigenvalue weighted by Gasteiger charge is -2.47. The summed E-state index contributed by atoms with van der Waals surface area (Å²) in [5.41, 5.74) is 1.12. The highest BCUT2D eigenvalue weighted by molar-refractivity contribution is 14.0. The van der Waals surface area contributed by atoms with Crippen molar-refractivity contribution in [1.82, 2.24) is 15.5 Å². The largest absolute Gasteiger partial charge is 0.389 e. The van der Waals surface area contributed by atoms with E-state index in [1.165, 1.54) is 19.3 Å². The highest BCUT2D eigenvalue weighted by Gasteiger charge is 2.36. The summed E-state index contributed by atoms with van der Waals surface area (Å²) >= 11 is 0. The highest BCUT2D eigenvalue weighted by atomic mass is 127. The molecule has 0 aromatic heterocycles. The van der Waals surface area contributed by atoms with Gasteiger partial charge in [0.15, 0.2) is 5.96 Å². The maximum atomic E-state index is 10.3. The third-order valence-electron chi connectivity index (χ3n) is 6.29. The summed E-state index contributed by atoms with van der Waals surface area (Å²) in [6.45, 7) is 5.49. The number of rotatable bonds is 8. The number of benzene rings is 1. The van der Waals surface area contributed by atoms with Gasteiger partial charge in [-0.2, -0.15) is 0 Å². The van der Waals surface area contributed by atoms with Crippen LogP contribution in [0.5, 0.6) is 0 Å². The Labute approximate surface area is 198 Å². The van der Waals surface area contributed by atoms with Gasteiger partial charge in [-0.15, -0.1) is 24.0 Å². The number of nitrogens with zero attached hydrogens (tertiary/aromatic N) is 2. The van der Waals surface area contributed by atoms with Crippen LogP contribution in [0.15, 0.2) is 35.3 Å². The average molecular weight is 530 g/mol. The van der Waals surface area contributed by atoms with Crippen LogP contribution in [0.25, 0.3) is 0 Å². The molecule has 2 aliphatic heterocycles. The van der Waals surface area contributed by atoms with Crippen LogP contribution in [0.2, 0.25) is 0 Å². The minimum atomic E-state index is -0.617. The highest BCUT2D eigenvalue weighted by Crippen LogP contribution is 2.32. The fourth-order valence-corrected chi connectivity index (χ4v) is 4.57. The summed E-state index contributed by atoms with van der Waals surface area (Å²) in [7, 11) is 2.27. The molecule has 0 radical (unpaired) electrons. The maximum absolute atomic E-state index is 10.3. The van der Waals surface area contributed by atoms with E-state index in [0.29, 0.717) is 24.7 Å². The number of aliphatic hydroxyl groups excluding tert-OH is 1. The number of nitrogens with one attached hydrogen (secondary N) is 2. The average Bonchev–Trinajstić information content (AvgIpc) is 2.71. The van der Waals surface area contributed by atoms with E-state index in [0.717, 1.165) is 30.9 Å². The van der Waals surface area contributed by atoms with E-state index in [4.69, 9.17) is 4.74 Å². The second-order valence-electron chi connectivity index (χ2n) is 8.48. The van der Waals surface area contributed by atoms with Crippen molar-refractivity contribution < 1.29 is 9.84 Å². The topological polar surface area (TPSA) is 69.1 Å². The molecule has 6 nitrogen and oxygen atoms in total. The SMILES string of the molecule is CCNC(=NCC(O)COC(C)c1ccccc1)NC1CC2CCCC(C1)N2C.I. The van der Waals surface area contributed by atoms with Crippen molar-refractivity contribution in [2.45, 2.75) is 76.3 Å². The Bertz CT molecular complexity index is 631. The fourth-order valence-electron chi connectivity index (χ4n) is 4.57. The zero-order valence-corrected chi connectivity index (χ0v) is 20.9. The number of piperidine rings is 2. The number of hydrogen-bond donors (Lipinski definition) is 3. The van der Waals surface area contributed by atoms with Crippen LogP contribution in [-0.2, 0) is 4.74 Å². The van der Waals surface area contributed by atoms with Gasteiger partial charge in [0.25, 0.3) is 0 Å². The molecule has 2 heterocycles. The molecule has 4 atom stereocenters. The van der Waals surface area contributed by atoms with Gasteiger partial charge in [0, 0.05) is 24.7 Å². The summed E-state index contributed by atoms with van der Waals surface area (Å²) in [5.74, 6) is 0.801. The first-order valence-electron chi connectivity index (χ1n) is 11.2. The zero-order chi connectivity index (χ0) is 20.6.